The summed E-state index contributed by atoms with van der Waals surface area (Å²) in [5.74, 6) is 0.0124. The topological polar surface area (TPSA) is 32.7 Å². The fourth-order valence-corrected chi connectivity index (χ4v) is 3.49. The first-order chi connectivity index (χ1) is 11.7. The third-order valence-electron chi connectivity index (χ3n) is 3.48. The molecule has 0 unspecified atom stereocenters. The highest BCUT2D eigenvalue weighted by molar-refractivity contribution is 8.18. The van der Waals surface area contributed by atoms with E-state index in [9.17, 15) is 4.79 Å². The maximum atomic E-state index is 12.7. The van der Waals surface area contributed by atoms with Crippen molar-refractivity contribution in [2.45, 2.75) is 13.3 Å². The zero-order chi connectivity index (χ0) is 16.9. The van der Waals surface area contributed by atoms with Gasteiger partial charge in [0.05, 0.1) is 10.6 Å². The van der Waals surface area contributed by atoms with Crippen LogP contribution in [0.1, 0.15) is 18.9 Å². The number of aliphatic imine (C=N–C) groups is 1. The number of amidine groups is 1. The van der Waals surface area contributed by atoms with Crippen LogP contribution in [0.4, 0.5) is 5.69 Å². The van der Waals surface area contributed by atoms with Crippen LogP contribution < -0.4 is 0 Å². The van der Waals surface area contributed by atoms with Gasteiger partial charge in [-0.05, 0) is 54.1 Å². The molecule has 0 atom stereocenters. The minimum atomic E-state index is 0.0124. The van der Waals surface area contributed by atoms with Gasteiger partial charge in [0.15, 0.2) is 5.17 Å². The highest BCUT2D eigenvalue weighted by Gasteiger charge is 2.32. The van der Waals surface area contributed by atoms with Gasteiger partial charge in [-0.15, -0.1) is 0 Å². The van der Waals surface area contributed by atoms with Crippen LogP contribution in [0.25, 0.3) is 6.08 Å². The van der Waals surface area contributed by atoms with E-state index in [4.69, 9.17) is 11.6 Å². The van der Waals surface area contributed by atoms with Crippen LogP contribution in [0, 0.1) is 0 Å². The quantitative estimate of drug-likeness (QED) is 0.691. The summed E-state index contributed by atoms with van der Waals surface area (Å²) in [6.45, 7) is 2.71. The Bertz CT molecular complexity index is 785. The van der Waals surface area contributed by atoms with E-state index in [2.05, 4.69) is 11.9 Å². The number of thioether (sulfide) groups is 1. The van der Waals surface area contributed by atoms with Gasteiger partial charge in [-0.25, -0.2) is 4.99 Å². The normalized spacial score (nSPS) is 17.9. The number of benzene rings is 2. The lowest BCUT2D eigenvalue weighted by molar-refractivity contribution is -0.122. The molecule has 2 aromatic rings. The molecule has 0 saturated carbocycles. The Morgan fingerprint density at radius 2 is 1.83 bits per heavy atom. The van der Waals surface area contributed by atoms with Crippen molar-refractivity contribution < 1.29 is 4.79 Å². The highest BCUT2D eigenvalue weighted by Crippen LogP contribution is 2.34. The minimum Gasteiger partial charge on any atom is -0.286 e. The van der Waals surface area contributed by atoms with Crippen LogP contribution in [0.5, 0.6) is 0 Å². The summed E-state index contributed by atoms with van der Waals surface area (Å²) in [5.41, 5.74) is 1.80. The SMILES string of the molecule is CCCN1C(=O)/C(=C/c2ccccc2)SC1=Nc1ccc(Cl)cc1. The van der Waals surface area contributed by atoms with Gasteiger partial charge in [-0.2, -0.15) is 0 Å². The van der Waals surface area contributed by atoms with Crippen molar-refractivity contribution >= 4 is 46.2 Å². The second-order valence-electron chi connectivity index (χ2n) is 5.35. The zero-order valence-electron chi connectivity index (χ0n) is 13.3. The number of hydrogen-bond donors (Lipinski definition) is 0. The van der Waals surface area contributed by atoms with E-state index in [0.29, 0.717) is 21.6 Å². The maximum Gasteiger partial charge on any atom is 0.266 e. The van der Waals surface area contributed by atoms with Crippen molar-refractivity contribution in [1.29, 1.82) is 0 Å². The average Bonchev–Trinajstić information content (AvgIpc) is 2.87. The predicted molar refractivity (Wildman–Crippen MR) is 103 cm³/mol. The lowest BCUT2D eigenvalue weighted by atomic mass is 10.2. The minimum absolute atomic E-state index is 0.0124. The van der Waals surface area contributed by atoms with Gasteiger partial charge in [0.2, 0.25) is 0 Å². The van der Waals surface area contributed by atoms with E-state index < -0.39 is 0 Å². The number of nitrogens with zero attached hydrogens (tertiary/aromatic N) is 2. The Hall–Kier alpha value is -2.04. The van der Waals surface area contributed by atoms with Crippen molar-refractivity contribution in [3.63, 3.8) is 0 Å². The van der Waals surface area contributed by atoms with E-state index in [1.165, 1.54) is 11.8 Å². The molecule has 0 bridgehead atoms. The number of rotatable bonds is 4. The molecule has 5 heteroatoms. The molecule has 3 nitrogen and oxygen atoms in total. The third-order valence-corrected chi connectivity index (χ3v) is 4.74. The molecule has 0 N–H and O–H groups in total. The standard InChI is InChI=1S/C19H17ClN2OS/c1-2-12-22-18(23)17(13-14-6-4-3-5-7-14)24-19(22)21-16-10-8-15(20)9-11-16/h3-11,13H,2,12H2,1H3/b17-13-,21-19?. The first-order valence-corrected chi connectivity index (χ1v) is 8.97. The van der Waals surface area contributed by atoms with Gasteiger partial charge in [0, 0.05) is 11.6 Å². The van der Waals surface area contributed by atoms with E-state index >= 15 is 0 Å². The van der Waals surface area contributed by atoms with E-state index in [1.807, 2.05) is 48.5 Å². The summed E-state index contributed by atoms with van der Waals surface area (Å²) in [5, 5.41) is 1.38. The molecule has 1 saturated heterocycles. The van der Waals surface area contributed by atoms with Gasteiger partial charge >= 0.3 is 0 Å². The smallest absolute Gasteiger partial charge is 0.266 e. The van der Waals surface area contributed by atoms with Crippen LogP contribution in [0.15, 0.2) is 64.5 Å². The molecular weight excluding hydrogens is 340 g/mol. The summed E-state index contributed by atoms with van der Waals surface area (Å²) in [4.78, 5) is 19.8. The molecule has 0 spiro atoms. The van der Waals surface area contributed by atoms with E-state index in [1.54, 1.807) is 17.0 Å². The lowest BCUT2D eigenvalue weighted by Gasteiger charge is -2.13. The second kappa shape index (κ2) is 7.69. The summed E-state index contributed by atoms with van der Waals surface area (Å²) in [6.07, 6.45) is 2.80. The van der Waals surface area contributed by atoms with Crippen molar-refractivity contribution in [2.75, 3.05) is 6.54 Å². The predicted octanol–water partition coefficient (Wildman–Crippen LogP) is 5.35. The fourth-order valence-electron chi connectivity index (χ4n) is 2.34. The largest absolute Gasteiger partial charge is 0.286 e. The van der Waals surface area contributed by atoms with Gasteiger partial charge in [0.25, 0.3) is 5.91 Å². The molecule has 1 heterocycles. The molecule has 1 aliphatic rings. The Labute approximate surface area is 151 Å². The number of halogens is 1. The van der Waals surface area contributed by atoms with Crippen LogP contribution in [0.3, 0.4) is 0 Å². The summed E-state index contributed by atoms with van der Waals surface area (Å²) >= 11 is 7.33. The number of carbonyl (C=O) groups excluding carboxylic acids is 1. The average molecular weight is 357 g/mol. The fraction of sp³-hybridized carbons (Fsp3) is 0.158. The van der Waals surface area contributed by atoms with Crippen molar-refractivity contribution in [3.8, 4) is 0 Å². The molecule has 24 heavy (non-hydrogen) atoms. The van der Waals surface area contributed by atoms with Crippen LogP contribution in [-0.2, 0) is 4.79 Å². The van der Waals surface area contributed by atoms with Crippen molar-refractivity contribution in [1.82, 2.24) is 4.90 Å². The Kier molecular flexibility index (Phi) is 5.38. The van der Waals surface area contributed by atoms with Crippen LogP contribution in [-0.4, -0.2) is 22.5 Å². The van der Waals surface area contributed by atoms with Gasteiger partial charge < -0.3 is 0 Å². The lowest BCUT2D eigenvalue weighted by Crippen LogP contribution is -2.29. The first kappa shape index (κ1) is 16.8. The molecule has 0 aliphatic carbocycles. The number of amides is 1. The molecule has 1 fully saturated rings. The Morgan fingerprint density at radius 1 is 1.12 bits per heavy atom. The third kappa shape index (κ3) is 3.89. The van der Waals surface area contributed by atoms with Crippen molar-refractivity contribution in [3.05, 3.63) is 70.1 Å². The molecule has 1 amide bonds. The monoisotopic (exact) mass is 356 g/mol. The van der Waals surface area contributed by atoms with Gasteiger partial charge in [0.1, 0.15) is 0 Å². The van der Waals surface area contributed by atoms with E-state index in [-0.39, 0.29) is 5.91 Å². The summed E-state index contributed by atoms with van der Waals surface area (Å²) in [7, 11) is 0. The Balaban J connectivity index is 1.92. The maximum absolute atomic E-state index is 12.7. The molecular formula is C19H17ClN2OS. The first-order valence-electron chi connectivity index (χ1n) is 7.78. The van der Waals surface area contributed by atoms with E-state index in [0.717, 1.165) is 17.7 Å². The summed E-state index contributed by atoms with van der Waals surface area (Å²) in [6, 6.07) is 17.2. The summed E-state index contributed by atoms with van der Waals surface area (Å²) < 4.78 is 0. The van der Waals surface area contributed by atoms with Crippen molar-refractivity contribution in [2.24, 2.45) is 4.99 Å². The molecule has 2 aromatic carbocycles. The number of carbonyl (C=O) groups is 1. The molecule has 3 rings (SSSR count). The molecule has 122 valence electrons. The second-order valence-corrected chi connectivity index (χ2v) is 6.79. The molecule has 0 radical (unpaired) electrons. The van der Waals surface area contributed by atoms with Gasteiger partial charge in [-0.3, -0.25) is 9.69 Å². The highest BCUT2D eigenvalue weighted by atomic mass is 35.5. The zero-order valence-corrected chi connectivity index (χ0v) is 14.8. The Morgan fingerprint density at radius 3 is 2.50 bits per heavy atom. The molecule has 1 aliphatic heterocycles. The van der Waals surface area contributed by atoms with Crippen LogP contribution >= 0.6 is 23.4 Å². The molecule has 0 aromatic heterocycles. The number of hydrogen-bond acceptors (Lipinski definition) is 3. The van der Waals surface area contributed by atoms with Gasteiger partial charge in [-0.1, -0.05) is 48.9 Å². The van der Waals surface area contributed by atoms with Crippen LogP contribution in [0.2, 0.25) is 5.02 Å².